The molecule has 1 aliphatic carbocycles. The third kappa shape index (κ3) is 3.99. The normalized spacial score (nSPS) is 17.3. The number of nitrogens with zero attached hydrogens (tertiary/aromatic N) is 4. The number of rotatable bonds is 5. The minimum atomic E-state index is 0.201. The molecule has 0 radical (unpaired) electrons. The average Bonchev–Trinajstić information content (AvgIpc) is 3.55. The lowest BCUT2D eigenvalue weighted by molar-refractivity contribution is -0.131. The van der Waals surface area contributed by atoms with E-state index in [1.54, 1.807) is 0 Å². The van der Waals surface area contributed by atoms with Crippen LogP contribution in [0.4, 0.5) is 0 Å². The number of aromatic nitrogens is 3. The van der Waals surface area contributed by atoms with E-state index in [0.29, 0.717) is 18.3 Å². The Bertz CT molecular complexity index is 1030. The average molecular weight is 402 g/mol. The Morgan fingerprint density at radius 1 is 1.10 bits per heavy atom. The lowest BCUT2D eigenvalue weighted by Crippen LogP contribution is -2.39. The van der Waals surface area contributed by atoms with Crippen LogP contribution >= 0.6 is 0 Å². The number of aryl methyl sites for hydroxylation is 1. The summed E-state index contributed by atoms with van der Waals surface area (Å²) >= 11 is 0. The van der Waals surface area contributed by atoms with Crippen LogP contribution in [0.25, 0.3) is 11.3 Å². The van der Waals surface area contributed by atoms with Crippen LogP contribution in [0.1, 0.15) is 60.3 Å². The molecule has 0 unspecified atom stereocenters. The molecule has 1 aliphatic heterocycles. The van der Waals surface area contributed by atoms with Crippen molar-refractivity contribution in [3.8, 4) is 11.3 Å². The third-order valence-corrected chi connectivity index (χ3v) is 6.11. The Morgan fingerprint density at radius 3 is 2.53 bits per heavy atom. The predicted octanol–water partition coefficient (Wildman–Crippen LogP) is 4.27. The number of hydrogen-bond acceptors (Lipinski definition) is 5. The van der Waals surface area contributed by atoms with Crippen LogP contribution in [-0.2, 0) is 11.2 Å². The fourth-order valence-corrected chi connectivity index (χ4v) is 4.22. The second-order valence-corrected chi connectivity index (χ2v) is 8.45. The predicted molar refractivity (Wildman–Crippen MR) is 113 cm³/mol. The minimum Gasteiger partial charge on any atom is -0.356 e. The second kappa shape index (κ2) is 8.01. The standard InChI is InChI=1S/C24H26N4O2/c1-16-13-21(30-27-16)20-15-25-24(19-7-8-19)26-23(20)18-9-11-28(12-10-18)22(29)14-17-5-3-2-4-6-17/h2-6,13,15,18-19H,7-12,14H2,1H3. The van der Waals surface area contributed by atoms with Crippen LogP contribution in [0, 0.1) is 6.92 Å². The highest BCUT2D eigenvalue weighted by Gasteiger charge is 2.31. The first-order valence-electron chi connectivity index (χ1n) is 10.8. The van der Waals surface area contributed by atoms with Crippen LogP contribution < -0.4 is 0 Å². The second-order valence-electron chi connectivity index (χ2n) is 8.45. The lowest BCUT2D eigenvalue weighted by Gasteiger charge is -2.32. The first-order valence-corrected chi connectivity index (χ1v) is 10.8. The Labute approximate surface area is 176 Å². The molecular formula is C24H26N4O2. The van der Waals surface area contributed by atoms with Crippen LogP contribution in [-0.4, -0.2) is 39.0 Å². The summed E-state index contributed by atoms with van der Waals surface area (Å²) in [4.78, 5) is 24.3. The van der Waals surface area contributed by atoms with E-state index in [1.165, 1.54) is 12.8 Å². The summed E-state index contributed by atoms with van der Waals surface area (Å²) in [6.07, 6.45) is 6.53. The molecule has 2 aromatic heterocycles. The van der Waals surface area contributed by atoms with Gasteiger partial charge in [-0.1, -0.05) is 35.5 Å². The van der Waals surface area contributed by atoms with E-state index in [2.05, 4.69) is 10.1 Å². The van der Waals surface area contributed by atoms with Gasteiger partial charge in [0.15, 0.2) is 5.76 Å². The quantitative estimate of drug-likeness (QED) is 0.637. The van der Waals surface area contributed by atoms with Gasteiger partial charge in [-0.15, -0.1) is 0 Å². The number of carbonyl (C=O) groups is 1. The summed E-state index contributed by atoms with van der Waals surface area (Å²) in [7, 11) is 0. The van der Waals surface area contributed by atoms with Gasteiger partial charge in [-0.25, -0.2) is 9.97 Å². The molecule has 0 atom stereocenters. The number of carbonyl (C=O) groups excluding carboxylic acids is 1. The number of likely N-dealkylation sites (tertiary alicyclic amines) is 1. The molecule has 6 heteroatoms. The molecule has 30 heavy (non-hydrogen) atoms. The maximum absolute atomic E-state index is 12.7. The molecule has 1 amide bonds. The molecule has 5 rings (SSSR count). The molecule has 2 fully saturated rings. The Kier molecular flexibility index (Phi) is 5.07. The summed E-state index contributed by atoms with van der Waals surface area (Å²) in [6, 6.07) is 11.9. The van der Waals surface area contributed by atoms with Crippen molar-refractivity contribution in [1.29, 1.82) is 0 Å². The fraction of sp³-hybridized carbons (Fsp3) is 0.417. The van der Waals surface area contributed by atoms with Crippen LogP contribution in [0.3, 0.4) is 0 Å². The van der Waals surface area contributed by atoms with Gasteiger partial charge < -0.3 is 9.42 Å². The third-order valence-electron chi connectivity index (χ3n) is 6.11. The maximum atomic E-state index is 12.7. The van der Waals surface area contributed by atoms with E-state index >= 15 is 0 Å². The van der Waals surface area contributed by atoms with Gasteiger partial charge in [-0.05, 0) is 38.2 Å². The molecule has 1 saturated heterocycles. The fourth-order valence-electron chi connectivity index (χ4n) is 4.22. The molecule has 6 nitrogen and oxygen atoms in total. The van der Waals surface area contributed by atoms with E-state index in [4.69, 9.17) is 9.51 Å². The van der Waals surface area contributed by atoms with Crippen molar-refractivity contribution < 1.29 is 9.32 Å². The van der Waals surface area contributed by atoms with Gasteiger partial charge in [-0.3, -0.25) is 4.79 Å². The van der Waals surface area contributed by atoms with E-state index in [-0.39, 0.29) is 5.91 Å². The van der Waals surface area contributed by atoms with Crippen molar-refractivity contribution in [2.24, 2.45) is 0 Å². The highest BCUT2D eigenvalue weighted by molar-refractivity contribution is 5.78. The van der Waals surface area contributed by atoms with Crippen molar-refractivity contribution in [2.75, 3.05) is 13.1 Å². The monoisotopic (exact) mass is 402 g/mol. The van der Waals surface area contributed by atoms with Crippen LogP contribution in [0.15, 0.2) is 47.1 Å². The molecular weight excluding hydrogens is 376 g/mol. The first-order chi connectivity index (χ1) is 14.7. The van der Waals surface area contributed by atoms with Gasteiger partial charge in [0, 0.05) is 37.2 Å². The Balaban J connectivity index is 1.32. The maximum Gasteiger partial charge on any atom is 0.226 e. The molecule has 1 saturated carbocycles. The molecule has 154 valence electrons. The minimum absolute atomic E-state index is 0.201. The molecule has 2 aliphatic rings. The van der Waals surface area contributed by atoms with E-state index in [0.717, 1.165) is 60.0 Å². The zero-order chi connectivity index (χ0) is 20.5. The van der Waals surface area contributed by atoms with Gasteiger partial charge in [0.05, 0.1) is 23.4 Å². The van der Waals surface area contributed by atoms with E-state index < -0.39 is 0 Å². The van der Waals surface area contributed by atoms with Gasteiger partial charge in [0.2, 0.25) is 5.91 Å². The highest BCUT2D eigenvalue weighted by atomic mass is 16.5. The first kappa shape index (κ1) is 19.0. The highest BCUT2D eigenvalue weighted by Crippen LogP contribution is 2.40. The van der Waals surface area contributed by atoms with Crippen LogP contribution in [0.5, 0.6) is 0 Å². The zero-order valence-corrected chi connectivity index (χ0v) is 17.3. The van der Waals surface area contributed by atoms with Crippen molar-refractivity contribution >= 4 is 5.91 Å². The smallest absolute Gasteiger partial charge is 0.226 e. The SMILES string of the molecule is Cc1cc(-c2cnc(C3CC3)nc2C2CCN(C(=O)Cc3ccccc3)CC2)on1. The van der Waals surface area contributed by atoms with E-state index in [1.807, 2.05) is 54.4 Å². The number of hydrogen-bond donors (Lipinski definition) is 0. The molecule has 0 spiro atoms. The Hall–Kier alpha value is -3.02. The largest absolute Gasteiger partial charge is 0.356 e. The van der Waals surface area contributed by atoms with E-state index in [9.17, 15) is 4.79 Å². The van der Waals surface area contributed by atoms with Crippen molar-refractivity contribution in [2.45, 2.75) is 50.9 Å². The molecule has 1 aromatic carbocycles. The van der Waals surface area contributed by atoms with Crippen molar-refractivity contribution in [3.63, 3.8) is 0 Å². The molecule has 0 N–H and O–H groups in total. The Morgan fingerprint density at radius 2 is 1.87 bits per heavy atom. The summed E-state index contributed by atoms with van der Waals surface area (Å²) in [5.74, 6) is 2.68. The van der Waals surface area contributed by atoms with Gasteiger partial charge in [0.25, 0.3) is 0 Å². The van der Waals surface area contributed by atoms with Crippen molar-refractivity contribution in [1.82, 2.24) is 20.0 Å². The molecule has 3 aromatic rings. The summed E-state index contributed by atoms with van der Waals surface area (Å²) in [6.45, 7) is 3.44. The summed E-state index contributed by atoms with van der Waals surface area (Å²) < 4.78 is 5.53. The summed E-state index contributed by atoms with van der Waals surface area (Å²) in [5, 5.41) is 4.04. The topological polar surface area (TPSA) is 72.1 Å². The molecule has 3 heterocycles. The van der Waals surface area contributed by atoms with Crippen molar-refractivity contribution in [3.05, 3.63) is 65.4 Å². The number of amides is 1. The summed E-state index contributed by atoms with van der Waals surface area (Å²) in [5.41, 5.74) is 3.91. The van der Waals surface area contributed by atoms with Gasteiger partial charge in [-0.2, -0.15) is 0 Å². The number of benzene rings is 1. The van der Waals surface area contributed by atoms with Crippen LogP contribution in [0.2, 0.25) is 0 Å². The lowest BCUT2D eigenvalue weighted by atomic mass is 9.89. The zero-order valence-electron chi connectivity index (χ0n) is 17.3. The van der Waals surface area contributed by atoms with Gasteiger partial charge >= 0.3 is 0 Å². The number of piperidine rings is 1. The van der Waals surface area contributed by atoms with Gasteiger partial charge in [0.1, 0.15) is 5.82 Å². The molecule has 0 bridgehead atoms.